The van der Waals surface area contributed by atoms with Gasteiger partial charge in [0.05, 0.1) is 6.04 Å². The molecule has 1 aliphatic carbocycles. The summed E-state index contributed by atoms with van der Waals surface area (Å²) in [4.78, 5) is 0. The standard InChI is InChI=1S/C15H24N2O/c1-12-6-5-7-13(10-12)15(17-16)11-18-14-8-3-2-4-9-14/h2-4,8-9,12-13,15,17H,5-7,10-11,16H2,1H3. The third kappa shape index (κ3) is 3.72. The zero-order valence-corrected chi connectivity index (χ0v) is 11.1. The molecular formula is C15H24N2O. The summed E-state index contributed by atoms with van der Waals surface area (Å²) in [7, 11) is 0. The summed E-state index contributed by atoms with van der Waals surface area (Å²) in [6.07, 6.45) is 5.19. The van der Waals surface area contributed by atoms with Gasteiger partial charge in [0.2, 0.25) is 0 Å². The zero-order chi connectivity index (χ0) is 12.8. The Morgan fingerprint density at radius 2 is 2.11 bits per heavy atom. The van der Waals surface area contributed by atoms with Gasteiger partial charge < -0.3 is 4.74 Å². The van der Waals surface area contributed by atoms with Crippen molar-refractivity contribution in [3.63, 3.8) is 0 Å². The van der Waals surface area contributed by atoms with E-state index in [1.165, 1.54) is 25.7 Å². The van der Waals surface area contributed by atoms with Crippen molar-refractivity contribution in [1.82, 2.24) is 5.43 Å². The minimum Gasteiger partial charge on any atom is -0.492 e. The number of para-hydroxylation sites is 1. The molecule has 0 aromatic heterocycles. The number of hydrazine groups is 1. The molecule has 0 heterocycles. The van der Waals surface area contributed by atoms with Crippen molar-refractivity contribution in [3.05, 3.63) is 30.3 Å². The molecule has 3 N–H and O–H groups in total. The molecule has 0 saturated heterocycles. The molecule has 18 heavy (non-hydrogen) atoms. The Morgan fingerprint density at radius 3 is 2.78 bits per heavy atom. The van der Waals surface area contributed by atoms with E-state index in [0.29, 0.717) is 12.5 Å². The molecule has 100 valence electrons. The molecule has 0 aliphatic heterocycles. The molecule has 1 saturated carbocycles. The Hall–Kier alpha value is -1.06. The molecule has 2 rings (SSSR count). The van der Waals surface area contributed by atoms with Crippen molar-refractivity contribution >= 4 is 0 Å². The Labute approximate surface area is 110 Å². The Kier molecular flexibility index (Phi) is 5.02. The number of nitrogens with one attached hydrogen (secondary N) is 1. The molecule has 1 aliphatic rings. The first-order valence-corrected chi connectivity index (χ1v) is 6.93. The van der Waals surface area contributed by atoms with Crippen molar-refractivity contribution < 1.29 is 4.74 Å². The van der Waals surface area contributed by atoms with Gasteiger partial charge in [0.25, 0.3) is 0 Å². The summed E-state index contributed by atoms with van der Waals surface area (Å²) < 4.78 is 5.80. The summed E-state index contributed by atoms with van der Waals surface area (Å²) >= 11 is 0. The number of ether oxygens (including phenoxy) is 1. The normalized spacial score (nSPS) is 25.7. The highest BCUT2D eigenvalue weighted by Gasteiger charge is 2.26. The zero-order valence-electron chi connectivity index (χ0n) is 11.1. The Balaban J connectivity index is 1.85. The third-order valence-electron chi connectivity index (χ3n) is 3.93. The molecule has 0 spiro atoms. The highest BCUT2D eigenvalue weighted by atomic mass is 16.5. The number of nitrogens with two attached hydrogens (primary N) is 1. The third-order valence-corrected chi connectivity index (χ3v) is 3.93. The van der Waals surface area contributed by atoms with Gasteiger partial charge in [0.15, 0.2) is 0 Å². The maximum atomic E-state index is 5.80. The van der Waals surface area contributed by atoms with Crippen LogP contribution >= 0.6 is 0 Å². The van der Waals surface area contributed by atoms with Crippen LogP contribution in [0.2, 0.25) is 0 Å². The second kappa shape index (κ2) is 6.76. The molecular weight excluding hydrogens is 224 g/mol. The van der Waals surface area contributed by atoms with Crippen molar-refractivity contribution in [3.8, 4) is 5.75 Å². The van der Waals surface area contributed by atoms with Crippen LogP contribution in [-0.2, 0) is 0 Å². The van der Waals surface area contributed by atoms with E-state index in [4.69, 9.17) is 10.6 Å². The lowest BCUT2D eigenvalue weighted by Crippen LogP contribution is -2.46. The molecule has 3 nitrogen and oxygen atoms in total. The van der Waals surface area contributed by atoms with E-state index < -0.39 is 0 Å². The predicted octanol–water partition coefficient (Wildman–Crippen LogP) is 2.72. The maximum absolute atomic E-state index is 5.80. The van der Waals surface area contributed by atoms with Crippen LogP contribution in [0.25, 0.3) is 0 Å². The van der Waals surface area contributed by atoms with Gasteiger partial charge in [0.1, 0.15) is 12.4 Å². The summed E-state index contributed by atoms with van der Waals surface area (Å²) in [5.74, 6) is 8.06. The quantitative estimate of drug-likeness (QED) is 0.622. The van der Waals surface area contributed by atoms with E-state index in [1.807, 2.05) is 30.3 Å². The van der Waals surface area contributed by atoms with Crippen LogP contribution < -0.4 is 16.0 Å². The van der Waals surface area contributed by atoms with Crippen molar-refractivity contribution in [2.24, 2.45) is 17.7 Å². The Bertz CT molecular complexity index is 342. The number of hydrogen-bond donors (Lipinski definition) is 2. The van der Waals surface area contributed by atoms with Crippen molar-refractivity contribution in [2.45, 2.75) is 38.6 Å². The predicted molar refractivity (Wildman–Crippen MR) is 74.2 cm³/mol. The van der Waals surface area contributed by atoms with Crippen LogP contribution in [0.5, 0.6) is 5.75 Å². The molecule has 3 unspecified atom stereocenters. The molecule has 0 bridgehead atoms. The van der Waals surface area contributed by atoms with Gasteiger partial charge >= 0.3 is 0 Å². The summed E-state index contributed by atoms with van der Waals surface area (Å²) in [5, 5.41) is 0. The first-order valence-electron chi connectivity index (χ1n) is 6.93. The van der Waals surface area contributed by atoms with Gasteiger partial charge in [-0.05, 0) is 36.8 Å². The molecule has 0 radical (unpaired) electrons. The highest BCUT2D eigenvalue weighted by molar-refractivity contribution is 5.20. The van der Waals surface area contributed by atoms with Gasteiger partial charge in [-0.3, -0.25) is 11.3 Å². The molecule has 3 heteroatoms. The lowest BCUT2D eigenvalue weighted by molar-refractivity contribution is 0.165. The number of benzene rings is 1. The lowest BCUT2D eigenvalue weighted by Gasteiger charge is -2.32. The molecule has 0 amide bonds. The lowest BCUT2D eigenvalue weighted by atomic mass is 9.79. The van der Waals surface area contributed by atoms with E-state index in [-0.39, 0.29) is 6.04 Å². The van der Waals surface area contributed by atoms with E-state index in [2.05, 4.69) is 12.3 Å². The molecule has 3 atom stereocenters. The Morgan fingerprint density at radius 1 is 1.33 bits per heavy atom. The van der Waals surface area contributed by atoms with Crippen LogP contribution in [0.15, 0.2) is 30.3 Å². The van der Waals surface area contributed by atoms with Crippen molar-refractivity contribution in [1.29, 1.82) is 0 Å². The van der Waals surface area contributed by atoms with Crippen LogP contribution in [-0.4, -0.2) is 12.6 Å². The van der Waals surface area contributed by atoms with E-state index in [1.54, 1.807) is 0 Å². The molecule has 1 fully saturated rings. The fraction of sp³-hybridized carbons (Fsp3) is 0.600. The average Bonchev–Trinajstić information content (AvgIpc) is 2.41. The minimum atomic E-state index is 0.257. The van der Waals surface area contributed by atoms with Gasteiger partial charge in [-0.1, -0.05) is 38.0 Å². The van der Waals surface area contributed by atoms with E-state index in [0.717, 1.165) is 11.7 Å². The van der Waals surface area contributed by atoms with Crippen LogP contribution in [0.3, 0.4) is 0 Å². The van der Waals surface area contributed by atoms with Gasteiger partial charge in [-0.2, -0.15) is 0 Å². The largest absolute Gasteiger partial charge is 0.492 e. The SMILES string of the molecule is CC1CCCC(C(COc2ccccc2)NN)C1. The second-order valence-electron chi connectivity index (χ2n) is 5.43. The summed E-state index contributed by atoms with van der Waals surface area (Å²) in [6, 6.07) is 10.2. The van der Waals surface area contributed by atoms with Crippen LogP contribution in [0, 0.1) is 11.8 Å². The fourth-order valence-corrected chi connectivity index (χ4v) is 2.87. The van der Waals surface area contributed by atoms with Gasteiger partial charge in [0, 0.05) is 0 Å². The van der Waals surface area contributed by atoms with Crippen LogP contribution in [0.4, 0.5) is 0 Å². The molecule has 1 aromatic rings. The van der Waals surface area contributed by atoms with Gasteiger partial charge in [-0.25, -0.2) is 0 Å². The van der Waals surface area contributed by atoms with Gasteiger partial charge in [-0.15, -0.1) is 0 Å². The topological polar surface area (TPSA) is 47.3 Å². The van der Waals surface area contributed by atoms with Crippen LogP contribution in [0.1, 0.15) is 32.6 Å². The second-order valence-corrected chi connectivity index (χ2v) is 5.43. The minimum absolute atomic E-state index is 0.257. The number of rotatable bonds is 5. The number of hydrogen-bond acceptors (Lipinski definition) is 3. The maximum Gasteiger partial charge on any atom is 0.119 e. The molecule has 1 aromatic carbocycles. The first-order chi connectivity index (χ1) is 8.79. The smallest absolute Gasteiger partial charge is 0.119 e. The summed E-state index contributed by atoms with van der Waals surface area (Å²) in [5.41, 5.74) is 2.94. The fourth-order valence-electron chi connectivity index (χ4n) is 2.87. The highest BCUT2D eigenvalue weighted by Crippen LogP contribution is 2.30. The monoisotopic (exact) mass is 248 g/mol. The average molecular weight is 248 g/mol. The van der Waals surface area contributed by atoms with Crippen molar-refractivity contribution in [2.75, 3.05) is 6.61 Å². The summed E-state index contributed by atoms with van der Waals surface area (Å²) in [6.45, 7) is 2.98. The van der Waals surface area contributed by atoms with E-state index in [9.17, 15) is 0 Å². The van der Waals surface area contributed by atoms with E-state index >= 15 is 0 Å². The first kappa shape index (κ1) is 13.4.